The van der Waals surface area contributed by atoms with Gasteiger partial charge in [0.2, 0.25) is 17.7 Å². The normalized spacial score (nSPS) is 19.9. The van der Waals surface area contributed by atoms with Crippen molar-refractivity contribution < 1.29 is 31.2 Å². The van der Waals surface area contributed by atoms with Crippen LogP contribution in [0, 0.1) is 5.82 Å². The first-order valence-corrected chi connectivity index (χ1v) is 11.0. The Bertz CT molecular complexity index is 1540. The van der Waals surface area contributed by atoms with E-state index in [0.29, 0.717) is 5.52 Å². The average Bonchev–Trinajstić information content (AvgIpc) is 3.38. The lowest BCUT2D eigenvalue weighted by Crippen LogP contribution is -2.49. The predicted octanol–water partition coefficient (Wildman–Crippen LogP) is 2.92. The number of aromatic nitrogens is 6. The SMILES string of the molecule is [2H]C([2H])([2H])Oc1nc(N[C@H]2CCN(C(C)=O)C[C@H]2F)nn2cc(F)c(-c3ccc4nnn(CC(F)F)c4c3)c12. The molecule has 5 rings (SSSR count). The monoisotopic (exact) mass is 509 g/mol. The molecule has 0 aliphatic carbocycles. The van der Waals surface area contributed by atoms with Crippen molar-refractivity contribution in [2.45, 2.75) is 38.5 Å². The van der Waals surface area contributed by atoms with Gasteiger partial charge in [0.1, 0.15) is 23.7 Å². The number of anilines is 1. The van der Waals surface area contributed by atoms with Crippen molar-refractivity contribution in [3.63, 3.8) is 0 Å². The zero-order valence-corrected chi connectivity index (χ0v) is 18.8. The van der Waals surface area contributed by atoms with Crippen LogP contribution in [0.3, 0.4) is 0 Å². The summed E-state index contributed by atoms with van der Waals surface area (Å²) in [5.74, 6) is -1.82. The van der Waals surface area contributed by atoms with Crippen molar-refractivity contribution >= 4 is 28.4 Å². The lowest BCUT2D eigenvalue weighted by atomic mass is 10.0. The molecule has 1 aliphatic heterocycles. The second kappa shape index (κ2) is 9.24. The lowest BCUT2D eigenvalue weighted by molar-refractivity contribution is -0.131. The Kier molecular flexibility index (Phi) is 5.20. The third-order valence-corrected chi connectivity index (χ3v) is 6.06. The van der Waals surface area contributed by atoms with Crippen LogP contribution in [0.4, 0.5) is 23.5 Å². The zero-order valence-electron chi connectivity index (χ0n) is 21.8. The summed E-state index contributed by atoms with van der Waals surface area (Å²) in [6.45, 7) is 0.756. The molecule has 0 radical (unpaired) electrons. The number of carbonyl (C=O) groups is 1. The molecule has 1 saturated heterocycles. The molecule has 1 aromatic carbocycles. The number of amides is 1. The zero-order chi connectivity index (χ0) is 28.1. The summed E-state index contributed by atoms with van der Waals surface area (Å²) in [5, 5.41) is 14.5. The first-order valence-electron chi connectivity index (χ1n) is 12.5. The smallest absolute Gasteiger partial charge is 0.258 e. The van der Waals surface area contributed by atoms with Crippen LogP contribution < -0.4 is 10.1 Å². The van der Waals surface area contributed by atoms with Gasteiger partial charge in [-0.05, 0) is 24.1 Å². The Balaban J connectivity index is 1.57. The molecule has 1 fully saturated rings. The molecule has 4 heterocycles. The number of rotatable bonds is 6. The summed E-state index contributed by atoms with van der Waals surface area (Å²) < 4.78 is 85.9. The number of ether oxygens (including phenoxy) is 1. The third kappa shape index (κ3) is 4.27. The summed E-state index contributed by atoms with van der Waals surface area (Å²) in [6, 6.07) is 3.50. The highest BCUT2D eigenvalue weighted by molar-refractivity contribution is 5.89. The highest BCUT2D eigenvalue weighted by Crippen LogP contribution is 2.35. The first-order chi connectivity index (χ1) is 18.4. The second-order valence-corrected chi connectivity index (χ2v) is 8.37. The predicted molar refractivity (Wildman–Crippen MR) is 121 cm³/mol. The van der Waals surface area contributed by atoms with E-state index in [2.05, 4.69) is 25.7 Å². The molecule has 1 amide bonds. The summed E-state index contributed by atoms with van der Waals surface area (Å²) in [5.41, 5.74) is 0.382. The Morgan fingerprint density at radius 3 is 2.94 bits per heavy atom. The fraction of sp³-hybridized carbons (Fsp3) is 0.409. The Hall–Kier alpha value is -3.97. The molecule has 0 bridgehead atoms. The highest BCUT2D eigenvalue weighted by atomic mass is 19.3. The molecule has 0 unspecified atom stereocenters. The maximum atomic E-state index is 15.4. The number of piperidine rings is 1. The van der Waals surface area contributed by atoms with Crippen molar-refractivity contribution in [1.82, 2.24) is 34.5 Å². The van der Waals surface area contributed by atoms with Crippen molar-refractivity contribution in [1.29, 1.82) is 0 Å². The molecule has 3 aromatic heterocycles. The van der Waals surface area contributed by atoms with Gasteiger partial charge >= 0.3 is 0 Å². The van der Waals surface area contributed by atoms with Crippen LogP contribution in [0.5, 0.6) is 5.88 Å². The van der Waals surface area contributed by atoms with Crippen LogP contribution in [0.2, 0.25) is 0 Å². The Labute approximate surface area is 206 Å². The number of likely N-dealkylation sites (tertiary alicyclic amines) is 1. The van der Waals surface area contributed by atoms with Crippen molar-refractivity contribution in [3.8, 4) is 17.0 Å². The van der Waals surface area contributed by atoms with Gasteiger partial charge in [0.25, 0.3) is 6.43 Å². The quantitative estimate of drug-likeness (QED) is 0.399. The molecule has 0 saturated carbocycles. The van der Waals surface area contributed by atoms with E-state index in [9.17, 15) is 18.0 Å². The standard InChI is InChI=1S/C22H22F4N8O2/c1-11(35)32-6-5-15(13(23)8-32)27-22-28-21(36-2)20-19(14(24)9-34(20)30-22)12-3-4-16-17(7-12)33(31-29-16)10-18(25)26/h3-4,7,9,13,15,18H,5-6,8,10H2,1-2H3,(H,27,30)/t13-,15+/m1/s1/i2D3. The molecule has 2 atom stereocenters. The van der Waals surface area contributed by atoms with E-state index in [1.807, 2.05) is 0 Å². The van der Waals surface area contributed by atoms with Crippen LogP contribution in [-0.4, -0.2) is 79.2 Å². The van der Waals surface area contributed by atoms with Crippen LogP contribution in [-0.2, 0) is 11.3 Å². The first kappa shape index (κ1) is 20.2. The van der Waals surface area contributed by atoms with E-state index in [-0.39, 0.29) is 53.5 Å². The summed E-state index contributed by atoms with van der Waals surface area (Å²) in [7, 11) is -2.98. The molecule has 10 nitrogen and oxygen atoms in total. The molecular weight excluding hydrogens is 484 g/mol. The van der Waals surface area contributed by atoms with Gasteiger partial charge in [-0.1, -0.05) is 11.3 Å². The third-order valence-electron chi connectivity index (χ3n) is 6.06. The number of hydrogen-bond acceptors (Lipinski definition) is 7. The maximum Gasteiger partial charge on any atom is 0.258 e. The fourth-order valence-corrected chi connectivity index (χ4v) is 4.33. The number of carbonyl (C=O) groups excluding carboxylic acids is 1. The Morgan fingerprint density at radius 1 is 1.39 bits per heavy atom. The van der Waals surface area contributed by atoms with Crippen molar-refractivity contribution in [2.75, 3.05) is 25.4 Å². The van der Waals surface area contributed by atoms with E-state index >= 15 is 4.39 Å². The fourth-order valence-electron chi connectivity index (χ4n) is 4.33. The molecule has 1 N–H and O–H groups in total. The molecular formula is C22H22F4N8O2. The Morgan fingerprint density at radius 2 is 2.22 bits per heavy atom. The minimum atomic E-state index is -2.98. The number of nitrogens with zero attached hydrogens (tertiary/aromatic N) is 7. The highest BCUT2D eigenvalue weighted by Gasteiger charge is 2.31. The van der Waals surface area contributed by atoms with Gasteiger partial charge in [0, 0.05) is 13.5 Å². The van der Waals surface area contributed by atoms with Gasteiger partial charge < -0.3 is 15.0 Å². The minimum Gasteiger partial charge on any atom is -0.479 e. The largest absolute Gasteiger partial charge is 0.479 e. The van der Waals surface area contributed by atoms with Gasteiger partial charge in [-0.3, -0.25) is 4.79 Å². The van der Waals surface area contributed by atoms with E-state index in [0.717, 1.165) is 15.4 Å². The summed E-state index contributed by atoms with van der Waals surface area (Å²) in [6.07, 6.45) is -2.98. The van der Waals surface area contributed by atoms with Gasteiger partial charge in [-0.15, -0.1) is 10.2 Å². The number of halogens is 4. The summed E-state index contributed by atoms with van der Waals surface area (Å²) >= 11 is 0. The number of methoxy groups -OCH3 is 1. The van der Waals surface area contributed by atoms with Gasteiger partial charge in [0.05, 0.1) is 41.0 Å². The molecule has 0 spiro atoms. The number of benzene rings is 1. The van der Waals surface area contributed by atoms with E-state index in [1.54, 1.807) is 0 Å². The maximum absolute atomic E-state index is 15.4. The topological polar surface area (TPSA) is 102 Å². The number of alkyl halides is 3. The van der Waals surface area contributed by atoms with E-state index in [1.165, 1.54) is 30.0 Å². The average molecular weight is 509 g/mol. The van der Waals surface area contributed by atoms with E-state index in [4.69, 9.17) is 8.85 Å². The van der Waals surface area contributed by atoms with E-state index < -0.39 is 43.9 Å². The van der Waals surface area contributed by atoms with Gasteiger partial charge in [-0.2, -0.15) is 4.98 Å². The number of hydrogen-bond donors (Lipinski definition) is 1. The van der Waals surface area contributed by atoms with Gasteiger partial charge in [-0.25, -0.2) is 26.8 Å². The van der Waals surface area contributed by atoms with Crippen LogP contribution >= 0.6 is 0 Å². The van der Waals surface area contributed by atoms with Crippen LogP contribution in [0.25, 0.3) is 27.7 Å². The molecule has 190 valence electrons. The summed E-state index contributed by atoms with van der Waals surface area (Å²) in [4.78, 5) is 17.0. The number of nitrogens with one attached hydrogen (secondary N) is 1. The van der Waals surface area contributed by atoms with Gasteiger partial charge in [0.15, 0.2) is 5.82 Å². The van der Waals surface area contributed by atoms with Crippen LogP contribution in [0.1, 0.15) is 17.5 Å². The minimum absolute atomic E-state index is 0.143. The van der Waals surface area contributed by atoms with Crippen molar-refractivity contribution in [3.05, 3.63) is 30.2 Å². The lowest BCUT2D eigenvalue weighted by Gasteiger charge is -2.34. The van der Waals surface area contributed by atoms with Crippen molar-refractivity contribution in [2.24, 2.45) is 0 Å². The molecule has 1 aliphatic rings. The number of fused-ring (bicyclic) bond motifs is 2. The second-order valence-electron chi connectivity index (χ2n) is 8.37. The molecule has 36 heavy (non-hydrogen) atoms. The van der Waals surface area contributed by atoms with Crippen LogP contribution in [0.15, 0.2) is 24.4 Å². The molecule has 14 heteroatoms. The molecule has 4 aromatic rings.